The Kier molecular flexibility index (Phi) is 3.25. The lowest BCUT2D eigenvalue weighted by molar-refractivity contribution is 0.587. The molecule has 1 aliphatic carbocycles. The van der Waals surface area contributed by atoms with E-state index in [0.29, 0.717) is 0 Å². The van der Waals surface area contributed by atoms with E-state index in [1.165, 1.54) is 0 Å². The molecular weight excluding hydrogens is 248 g/mol. The number of benzene rings is 1. The fourth-order valence-corrected chi connectivity index (χ4v) is 4.66. The molecule has 1 saturated carbocycles. The summed E-state index contributed by atoms with van der Waals surface area (Å²) >= 11 is 0. The van der Waals surface area contributed by atoms with Gasteiger partial charge in [-0.15, -0.1) is 0 Å². The van der Waals surface area contributed by atoms with Crippen LogP contribution in [0.2, 0.25) is 0 Å². The average Bonchev–Trinajstić information content (AvgIpc) is 2.98. The molecule has 0 amide bonds. The topological polar surface area (TPSA) is 86.2 Å². The van der Waals surface area contributed by atoms with Gasteiger partial charge in [-0.25, -0.2) is 8.42 Å². The largest absolute Gasteiger partial charge is 0.329 e. The predicted molar refractivity (Wildman–Crippen MR) is 73.1 cm³/mol. The summed E-state index contributed by atoms with van der Waals surface area (Å²) in [5, 5.41) is -0.539. The van der Waals surface area contributed by atoms with Gasteiger partial charge in [0.05, 0.1) is 10.8 Å². The molecule has 0 bridgehead atoms. The number of aryl methyl sites for hydroxylation is 1. The second-order valence-corrected chi connectivity index (χ2v) is 7.49. The second kappa shape index (κ2) is 4.33. The maximum Gasteiger partial charge on any atom is 0.155 e. The van der Waals surface area contributed by atoms with Crippen LogP contribution in [0.15, 0.2) is 24.3 Å². The van der Waals surface area contributed by atoms with E-state index in [0.717, 1.165) is 11.1 Å². The molecule has 1 aromatic rings. The quantitative estimate of drug-likeness (QED) is 0.835. The minimum atomic E-state index is -3.16. The SMILES string of the molecule is CCS(=O)(=O)C1C(c2ccc(C)cc2)C1(N)CN. The Hall–Kier alpha value is -0.910. The molecule has 1 fully saturated rings. The predicted octanol–water partition coefficient (Wildman–Crippen LogP) is 0.552. The molecule has 0 radical (unpaired) electrons. The van der Waals surface area contributed by atoms with Crippen molar-refractivity contribution in [3.05, 3.63) is 35.4 Å². The van der Waals surface area contributed by atoms with Gasteiger partial charge < -0.3 is 11.5 Å². The molecule has 3 atom stereocenters. The summed E-state index contributed by atoms with van der Waals surface area (Å²) in [5.41, 5.74) is 13.1. The van der Waals surface area contributed by atoms with E-state index in [1.54, 1.807) is 6.92 Å². The standard InChI is InChI=1S/C13H20N2O2S/c1-3-18(16,17)12-11(13(12,15)8-14)10-6-4-9(2)5-7-10/h4-7,11-12H,3,8,14-15H2,1-2H3. The summed E-state index contributed by atoms with van der Waals surface area (Å²) in [5.74, 6) is -0.0630. The third-order valence-electron chi connectivity index (χ3n) is 3.88. The Bertz CT molecular complexity index is 539. The summed E-state index contributed by atoms with van der Waals surface area (Å²) in [6.07, 6.45) is 0. The smallest absolute Gasteiger partial charge is 0.155 e. The van der Waals surface area contributed by atoms with Crippen molar-refractivity contribution in [2.45, 2.75) is 30.6 Å². The first-order chi connectivity index (χ1) is 8.36. The highest BCUT2D eigenvalue weighted by atomic mass is 32.2. The molecular formula is C13H20N2O2S. The van der Waals surface area contributed by atoms with Crippen molar-refractivity contribution in [1.29, 1.82) is 0 Å². The van der Waals surface area contributed by atoms with Crippen LogP contribution in [0.5, 0.6) is 0 Å². The number of hydrogen-bond acceptors (Lipinski definition) is 4. The van der Waals surface area contributed by atoms with Crippen molar-refractivity contribution < 1.29 is 8.42 Å². The van der Waals surface area contributed by atoms with Crippen LogP contribution in [0.3, 0.4) is 0 Å². The van der Waals surface area contributed by atoms with Crippen LogP contribution in [-0.2, 0) is 9.84 Å². The first-order valence-corrected chi connectivity index (χ1v) is 7.85. The van der Waals surface area contributed by atoms with E-state index in [2.05, 4.69) is 0 Å². The maximum absolute atomic E-state index is 12.1. The normalized spacial score (nSPS) is 31.3. The minimum Gasteiger partial charge on any atom is -0.329 e. The molecule has 0 aromatic heterocycles. The van der Waals surface area contributed by atoms with E-state index in [1.807, 2.05) is 31.2 Å². The fourth-order valence-electron chi connectivity index (χ4n) is 2.65. The summed E-state index contributed by atoms with van der Waals surface area (Å²) in [7, 11) is -3.16. The minimum absolute atomic E-state index is 0.110. The zero-order chi connectivity index (χ0) is 13.6. The highest BCUT2D eigenvalue weighted by Gasteiger charge is 2.67. The average molecular weight is 268 g/mol. The van der Waals surface area contributed by atoms with Gasteiger partial charge in [-0.2, -0.15) is 0 Å². The highest BCUT2D eigenvalue weighted by Crippen LogP contribution is 2.53. The number of sulfone groups is 1. The van der Waals surface area contributed by atoms with Gasteiger partial charge in [0, 0.05) is 18.2 Å². The maximum atomic E-state index is 12.1. The van der Waals surface area contributed by atoms with Gasteiger partial charge in [-0.1, -0.05) is 36.8 Å². The first kappa shape index (κ1) is 13.5. The van der Waals surface area contributed by atoms with Gasteiger partial charge >= 0.3 is 0 Å². The highest BCUT2D eigenvalue weighted by molar-refractivity contribution is 7.92. The van der Waals surface area contributed by atoms with E-state index >= 15 is 0 Å². The van der Waals surface area contributed by atoms with Crippen LogP contribution in [0.1, 0.15) is 24.0 Å². The molecule has 5 heteroatoms. The summed E-state index contributed by atoms with van der Waals surface area (Å²) in [6.45, 7) is 3.84. The third kappa shape index (κ3) is 1.96. The van der Waals surface area contributed by atoms with Gasteiger partial charge in [0.15, 0.2) is 9.84 Å². The van der Waals surface area contributed by atoms with Gasteiger partial charge in [0.1, 0.15) is 0 Å². The molecule has 1 aromatic carbocycles. The van der Waals surface area contributed by atoms with Gasteiger partial charge in [-0.3, -0.25) is 0 Å². The molecule has 0 heterocycles. The molecule has 18 heavy (non-hydrogen) atoms. The molecule has 100 valence electrons. The van der Waals surface area contributed by atoms with Gasteiger partial charge in [-0.05, 0) is 12.5 Å². The second-order valence-electron chi connectivity index (χ2n) is 5.08. The molecule has 3 unspecified atom stereocenters. The van der Waals surface area contributed by atoms with Crippen LogP contribution in [-0.4, -0.2) is 31.5 Å². The summed E-state index contributed by atoms with van der Waals surface area (Å²) in [6, 6.07) is 7.84. The number of hydrogen-bond donors (Lipinski definition) is 2. The van der Waals surface area contributed by atoms with Crippen LogP contribution in [0.25, 0.3) is 0 Å². The fraction of sp³-hybridized carbons (Fsp3) is 0.538. The van der Waals surface area contributed by atoms with Crippen molar-refractivity contribution in [2.75, 3.05) is 12.3 Å². The molecule has 1 aliphatic rings. The Morgan fingerprint density at radius 1 is 1.28 bits per heavy atom. The van der Waals surface area contributed by atoms with Crippen molar-refractivity contribution >= 4 is 9.84 Å². The number of rotatable bonds is 4. The Morgan fingerprint density at radius 3 is 2.28 bits per heavy atom. The molecule has 2 rings (SSSR count). The Balaban J connectivity index is 2.37. The van der Waals surface area contributed by atoms with E-state index in [9.17, 15) is 8.42 Å². The summed E-state index contributed by atoms with van der Waals surface area (Å²) in [4.78, 5) is 0. The van der Waals surface area contributed by atoms with Crippen molar-refractivity contribution in [1.82, 2.24) is 0 Å². The van der Waals surface area contributed by atoms with Crippen LogP contribution in [0.4, 0.5) is 0 Å². The Morgan fingerprint density at radius 2 is 1.83 bits per heavy atom. The third-order valence-corrected chi connectivity index (χ3v) is 6.17. The van der Waals surface area contributed by atoms with Crippen LogP contribution < -0.4 is 11.5 Å². The van der Waals surface area contributed by atoms with Gasteiger partial charge in [0.2, 0.25) is 0 Å². The van der Waals surface area contributed by atoms with Crippen molar-refractivity contribution in [3.63, 3.8) is 0 Å². The number of nitrogens with two attached hydrogens (primary N) is 2. The van der Waals surface area contributed by atoms with Crippen molar-refractivity contribution in [2.24, 2.45) is 11.5 Å². The van der Waals surface area contributed by atoms with Gasteiger partial charge in [0.25, 0.3) is 0 Å². The van der Waals surface area contributed by atoms with E-state index in [4.69, 9.17) is 11.5 Å². The van der Waals surface area contributed by atoms with Crippen LogP contribution in [0, 0.1) is 6.92 Å². The molecule has 0 aliphatic heterocycles. The molecule has 4 nitrogen and oxygen atoms in total. The molecule has 0 saturated heterocycles. The Labute approximate surface area is 108 Å². The molecule has 4 N–H and O–H groups in total. The van der Waals surface area contributed by atoms with E-state index < -0.39 is 20.6 Å². The first-order valence-electron chi connectivity index (χ1n) is 6.14. The summed E-state index contributed by atoms with van der Waals surface area (Å²) < 4.78 is 24.1. The zero-order valence-electron chi connectivity index (χ0n) is 10.8. The molecule has 0 spiro atoms. The zero-order valence-corrected chi connectivity index (χ0v) is 11.6. The van der Waals surface area contributed by atoms with Crippen molar-refractivity contribution in [3.8, 4) is 0 Å². The lowest BCUT2D eigenvalue weighted by Crippen LogP contribution is -2.39. The monoisotopic (exact) mass is 268 g/mol. The van der Waals surface area contributed by atoms with Crippen LogP contribution >= 0.6 is 0 Å². The lowest BCUT2D eigenvalue weighted by atomic mass is 10.1. The lowest BCUT2D eigenvalue weighted by Gasteiger charge is -2.08. The van der Waals surface area contributed by atoms with E-state index in [-0.39, 0.29) is 18.2 Å².